The molecule has 0 fully saturated rings. The summed E-state index contributed by atoms with van der Waals surface area (Å²) in [5.41, 5.74) is 5.20. The number of ether oxygens (including phenoxy) is 1. The molecule has 0 saturated heterocycles. The number of quaternary nitrogens is 1. The minimum absolute atomic E-state index is 0. The van der Waals surface area contributed by atoms with Gasteiger partial charge < -0.3 is 38.2 Å². The molecule has 0 saturated carbocycles. The van der Waals surface area contributed by atoms with Crippen molar-refractivity contribution >= 4 is 11.2 Å². The Morgan fingerprint density at radius 1 is 1.04 bits per heavy atom. The molecular formula is C19H25IN4O. The molecule has 0 aliphatic rings. The number of H-pyrrole nitrogens is 1. The van der Waals surface area contributed by atoms with Crippen molar-refractivity contribution in [3.05, 3.63) is 42.2 Å². The van der Waals surface area contributed by atoms with Crippen molar-refractivity contribution in [2.75, 3.05) is 27.7 Å². The molecule has 0 spiro atoms. The van der Waals surface area contributed by atoms with Crippen molar-refractivity contribution < 1.29 is 33.2 Å². The van der Waals surface area contributed by atoms with Gasteiger partial charge in [0.25, 0.3) is 0 Å². The van der Waals surface area contributed by atoms with E-state index in [2.05, 4.69) is 55.2 Å². The average Bonchev–Trinajstić information content (AvgIpc) is 2.90. The van der Waals surface area contributed by atoms with E-state index in [4.69, 9.17) is 4.74 Å². The summed E-state index contributed by atoms with van der Waals surface area (Å²) >= 11 is 0. The third kappa shape index (κ3) is 4.70. The van der Waals surface area contributed by atoms with E-state index in [0.717, 1.165) is 52.2 Å². The van der Waals surface area contributed by atoms with Crippen LogP contribution in [0.15, 0.2) is 36.7 Å². The van der Waals surface area contributed by atoms with Gasteiger partial charge in [0.1, 0.15) is 17.8 Å². The van der Waals surface area contributed by atoms with E-state index in [1.54, 1.807) is 12.4 Å². The van der Waals surface area contributed by atoms with E-state index in [1.165, 1.54) is 5.56 Å². The fourth-order valence-electron chi connectivity index (χ4n) is 2.78. The van der Waals surface area contributed by atoms with Crippen LogP contribution in [-0.4, -0.2) is 47.2 Å². The molecule has 1 aromatic carbocycles. The molecule has 5 nitrogen and oxygen atoms in total. The Kier molecular flexibility index (Phi) is 6.40. The predicted molar refractivity (Wildman–Crippen MR) is 96.8 cm³/mol. The highest BCUT2D eigenvalue weighted by Crippen LogP contribution is 2.31. The SMILES string of the molecule is CCCOc1ccc(-c2[nH]c3nccnc3c2C[N+](C)(C)C)cc1.[I-]. The van der Waals surface area contributed by atoms with Crippen LogP contribution in [0.5, 0.6) is 5.75 Å². The van der Waals surface area contributed by atoms with Crippen LogP contribution in [0.1, 0.15) is 18.9 Å². The quantitative estimate of drug-likeness (QED) is 0.441. The number of aromatic nitrogens is 3. The first kappa shape index (κ1) is 19.7. The minimum Gasteiger partial charge on any atom is -1.00 e. The van der Waals surface area contributed by atoms with Crippen LogP contribution in [0.25, 0.3) is 22.4 Å². The first-order valence-electron chi connectivity index (χ1n) is 8.33. The van der Waals surface area contributed by atoms with Crippen LogP contribution in [0.4, 0.5) is 0 Å². The maximum atomic E-state index is 5.68. The van der Waals surface area contributed by atoms with E-state index in [0.29, 0.717) is 0 Å². The summed E-state index contributed by atoms with van der Waals surface area (Å²) in [7, 11) is 6.54. The molecule has 1 N–H and O–H groups in total. The second kappa shape index (κ2) is 8.14. The lowest BCUT2D eigenvalue weighted by atomic mass is 10.1. The van der Waals surface area contributed by atoms with Gasteiger partial charge in [0.15, 0.2) is 5.65 Å². The second-order valence-corrected chi connectivity index (χ2v) is 7.05. The second-order valence-electron chi connectivity index (χ2n) is 7.05. The smallest absolute Gasteiger partial charge is 0.157 e. The molecule has 2 aromatic heterocycles. The van der Waals surface area contributed by atoms with E-state index in [1.807, 2.05) is 12.1 Å². The van der Waals surface area contributed by atoms with E-state index in [-0.39, 0.29) is 24.0 Å². The van der Waals surface area contributed by atoms with Crippen LogP contribution in [0.2, 0.25) is 0 Å². The Morgan fingerprint density at radius 3 is 2.36 bits per heavy atom. The summed E-state index contributed by atoms with van der Waals surface area (Å²) in [5.74, 6) is 0.904. The predicted octanol–water partition coefficient (Wildman–Crippen LogP) is 0.624. The maximum absolute atomic E-state index is 5.68. The molecule has 2 heterocycles. The topological polar surface area (TPSA) is 50.8 Å². The van der Waals surface area contributed by atoms with Gasteiger partial charge in [-0.3, -0.25) is 4.98 Å². The first-order chi connectivity index (χ1) is 11.5. The normalized spacial score (nSPS) is 11.4. The molecular weight excluding hydrogens is 427 g/mol. The highest BCUT2D eigenvalue weighted by Gasteiger charge is 2.20. The van der Waals surface area contributed by atoms with E-state index in [9.17, 15) is 0 Å². The Bertz CT molecular complexity index is 822. The van der Waals surface area contributed by atoms with Gasteiger partial charge in [-0.25, -0.2) is 4.98 Å². The molecule has 0 unspecified atom stereocenters. The number of fused-ring (bicyclic) bond motifs is 1. The van der Waals surface area contributed by atoms with Gasteiger partial charge in [0.05, 0.1) is 39.0 Å². The number of benzene rings is 1. The van der Waals surface area contributed by atoms with Gasteiger partial charge in [-0.1, -0.05) is 6.92 Å². The summed E-state index contributed by atoms with van der Waals surface area (Å²) in [6.07, 6.45) is 4.48. The Morgan fingerprint density at radius 2 is 1.72 bits per heavy atom. The molecule has 0 radical (unpaired) electrons. The van der Waals surface area contributed by atoms with Gasteiger partial charge in [-0.05, 0) is 36.2 Å². The minimum atomic E-state index is 0. The molecule has 0 aliphatic carbocycles. The lowest BCUT2D eigenvalue weighted by Crippen LogP contribution is -3.00. The third-order valence-electron chi connectivity index (χ3n) is 3.78. The Labute approximate surface area is 166 Å². The largest absolute Gasteiger partial charge is 1.00 e. The zero-order valence-electron chi connectivity index (χ0n) is 15.2. The Balaban J connectivity index is 0.00000225. The van der Waals surface area contributed by atoms with Gasteiger partial charge >= 0.3 is 0 Å². The number of hydrogen-bond acceptors (Lipinski definition) is 3. The number of nitrogens with one attached hydrogen (secondary N) is 1. The van der Waals surface area contributed by atoms with Gasteiger partial charge in [0.2, 0.25) is 0 Å². The maximum Gasteiger partial charge on any atom is 0.157 e. The number of nitrogens with zero attached hydrogens (tertiary/aromatic N) is 3. The zero-order chi connectivity index (χ0) is 17.2. The summed E-state index contributed by atoms with van der Waals surface area (Å²) in [6, 6.07) is 8.23. The number of rotatable bonds is 6. The fraction of sp³-hybridized carbons (Fsp3) is 0.368. The van der Waals surface area contributed by atoms with Crippen LogP contribution in [-0.2, 0) is 6.54 Å². The lowest BCUT2D eigenvalue weighted by Gasteiger charge is -2.24. The fourth-order valence-corrected chi connectivity index (χ4v) is 2.78. The molecule has 25 heavy (non-hydrogen) atoms. The van der Waals surface area contributed by atoms with Gasteiger partial charge in [-0.15, -0.1) is 0 Å². The highest BCUT2D eigenvalue weighted by atomic mass is 127. The van der Waals surface area contributed by atoms with Crippen LogP contribution >= 0.6 is 0 Å². The van der Waals surface area contributed by atoms with Gasteiger partial charge in [0, 0.05) is 12.4 Å². The zero-order valence-corrected chi connectivity index (χ0v) is 17.4. The first-order valence-corrected chi connectivity index (χ1v) is 8.33. The molecule has 6 heteroatoms. The highest BCUT2D eigenvalue weighted by molar-refractivity contribution is 5.85. The summed E-state index contributed by atoms with van der Waals surface area (Å²) in [5, 5.41) is 0. The van der Waals surface area contributed by atoms with E-state index < -0.39 is 0 Å². The molecule has 0 atom stereocenters. The molecule has 0 bridgehead atoms. The van der Waals surface area contributed by atoms with Crippen LogP contribution < -0.4 is 28.7 Å². The summed E-state index contributed by atoms with van der Waals surface area (Å²) in [6.45, 7) is 3.73. The lowest BCUT2D eigenvalue weighted by molar-refractivity contribution is -0.883. The average molecular weight is 452 g/mol. The number of halogens is 1. The van der Waals surface area contributed by atoms with Crippen molar-refractivity contribution in [1.82, 2.24) is 15.0 Å². The molecule has 3 rings (SSSR count). The van der Waals surface area contributed by atoms with Crippen molar-refractivity contribution in [3.63, 3.8) is 0 Å². The van der Waals surface area contributed by atoms with Crippen LogP contribution in [0.3, 0.4) is 0 Å². The van der Waals surface area contributed by atoms with Crippen molar-refractivity contribution in [1.29, 1.82) is 0 Å². The van der Waals surface area contributed by atoms with Crippen molar-refractivity contribution in [2.24, 2.45) is 0 Å². The van der Waals surface area contributed by atoms with Crippen molar-refractivity contribution in [3.8, 4) is 17.0 Å². The molecule has 3 aromatic rings. The molecule has 0 aliphatic heterocycles. The molecule has 134 valence electrons. The standard InChI is InChI=1S/C19H25N4O.HI/c1-5-12-24-15-8-6-14(7-9-15)17-16(13-23(2,3)4)18-19(22-17)21-11-10-20-18;/h6-11H,5,12-13H2,1-4H3,(H,21,22);1H/q+1;/p-1. The molecule has 0 amide bonds. The van der Waals surface area contributed by atoms with Crippen molar-refractivity contribution in [2.45, 2.75) is 19.9 Å². The number of aromatic amines is 1. The monoisotopic (exact) mass is 452 g/mol. The summed E-state index contributed by atoms with van der Waals surface area (Å²) in [4.78, 5) is 12.4. The Hall–Kier alpha value is -1.67. The van der Waals surface area contributed by atoms with E-state index >= 15 is 0 Å². The number of hydrogen-bond donors (Lipinski definition) is 1. The van der Waals surface area contributed by atoms with Gasteiger partial charge in [-0.2, -0.15) is 0 Å². The summed E-state index contributed by atoms with van der Waals surface area (Å²) < 4.78 is 6.51. The third-order valence-corrected chi connectivity index (χ3v) is 3.78. The van der Waals surface area contributed by atoms with Crippen LogP contribution in [0, 0.1) is 0 Å².